The standard InChI is InChI=1S/C19H14ClFO7/c1-12-7-14-9-17-18(26-11-25-17)10-16(14)19(27-12,28-20(22,23)24)6-5-13-3-2-4-15(21)8-13/h2-10H,11H2,1H3. The van der Waals surface area contributed by atoms with Crippen LogP contribution in [0.3, 0.4) is 0 Å². The summed E-state index contributed by atoms with van der Waals surface area (Å²) in [6.45, 7) is 1.59. The number of hydrogen-bond acceptors (Lipinski definition) is 7. The number of allylic oxidation sites excluding steroid dienone is 1. The molecule has 1 atom stereocenters. The first-order chi connectivity index (χ1) is 13.2. The van der Waals surface area contributed by atoms with E-state index in [0.29, 0.717) is 28.4 Å². The monoisotopic (exact) mass is 408 g/mol. The maximum Gasteiger partial charge on any atom is 0.408 e. The molecule has 9 heteroatoms. The Morgan fingerprint density at radius 1 is 1.14 bits per heavy atom. The zero-order valence-electron chi connectivity index (χ0n) is 14.5. The molecule has 2 aromatic carbocycles. The van der Waals surface area contributed by atoms with Crippen molar-refractivity contribution in [1.29, 1.82) is 0 Å². The van der Waals surface area contributed by atoms with Gasteiger partial charge in [-0.05, 0) is 48.4 Å². The second kappa shape index (κ2) is 6.77. The molecule has 4 rings (SSSR count). The van der Waals surface area contributed by atoms with Crippen molar-refractivity contribution in [2.75, 3.05) is 6.79 Å². The van der Waals surface area contributed by atoms with E-state index in [2.05, 4.69) is 0 Å². The summed E-state index contributed by atoms with van der Waals surface area (Å²) in [6.07, 6.45) is 4.28. The van der Waals surface area contributed by atoms with Crippen LogP contribution in [0, 0.1) is 16.1 Å². The van der Waals surface area contributed by atoms with Crippen molar-refractivity contribution in [2.45, 2.75) is 12.7 Å². The Kier molecular flexibility index (Phi) is 4.53. The molecule has 0 saturated heterocycles. The highest BCUT2D eigenvalue weighted by atomic mass is 35.7. The van der Waals surface area contributed by atoms with Gasteiger partial charge in [-0.3, -0.25) is 0 Å². The molecule has 7 nitrogen and oxygen atoms in total. The molecule has 1 unspecified atom stereocenters. The zero-order chi connectivity index (χ0) is 19.9. The van der Waals surface area contributed by atoms with Crippen LogP contribution < -0.4 is 23.5 Å². The third kappa shape index (κ3) is 3.68. The van der Waals surface area contributed by atoms with E-state index in [0.717, 1.165) is 0 Å². The lowest BCUT2D eigenvalue weighted by atomic mass is 9.94. The Hall–Kier alpha value is -2.62. The van der Waals surface area contributed by atoms with Crippen molar-refractivity contribution in [1.82, 2.24) is 0 Å². The molecule has 0 fully saturated rings. The summed E-state index contributed by atoms with van der Waals surface area (Å²) in [7, 11) is -4.87. The lowest BCUT2D eigenvalue weighted by Gasteiger charge is -2.32. The van der Waals surface area contributed by atoms with E-state index in [1.807, 2.05) is 0 Å². The third-order valence-electron chi connectivity index (χ3n) is 4.14. The predicted octanol–water partition coefficient (Wildman–Crippen LogP) is 0.726. The van der Waals surface area contributed by atoms with Gasteiger partial charge in [0.1, 0.15) is 10.1 Å². The van der Waals surface area contributed by atoms with Crippen LogP contribution in [0.25, 0.3) is 12.2 Å². The fraction of sp³-hybridized carbons (Fsp3) is 0.158. The molecule has 2 aromatic rings. The van der Waals surface area contributed by atoms with Crippen LogP contribution in [0.5, 0.6) is 11.5 Å². The van der Waals surface area contributed by atoms with Gasteiger partial charge < -0.3 is 14.2 Å². The quantitative estimate of drug-likeness (QED) is 0.734. The number of fused-ring (bicyclic) bond motifs is 2. The van der Waals surface area contributed by atoms with E-state index in [9.17, 15) is 18.4 Å². The van der Waals surface area contributed by atoms with E-state index in [-0.39, 0.29) is 12.4 Å². The van der Waals surface area contributed by atoms with Gasteiger partial charge in [0.15, 0.2) is 11.5 Å². The molecule has 0 saturated carbocycles. The first-order valence-electron chi connectivity index (χ1n) is 8.12. The summed E-state index contributed by atoms with van der Waals surface area (Å²) in [5, 5.41) is 0. The molecule has 28 heavy (non-hydrogen) atoms. The number of benzene rings is 2. The Labute approximate surface area is 161 Å². The zero-order valence-corrected chi connectivity index (χ0v) is 15.3. The molecule has 0 amide bonds. The van der Waals surface area contributed by atoms with Crippen molar-refractivity contribution in [3.8, 4) is 11.5 Å². The lowest BCUT2D eigenvalue weighted by Crippen LogP contribution is -2.64. The largest absolute Gasteiger partial charge is 0.454 e. The summed E-state index contributed by atoms with van der Waals surface area (Å²) in [4.78, 5) is 0. The highest BCUT2D eigenvalue weighted by Gasteiger charge is 2.52. The molecule has 0 N–H and O–H groups in total. The molecule has 0 aromatic heterocycles. The normalized spacial score (nSPS) is 20.7. The van der Waals surface area contributed by atoms with Gasteiger partial charge in [-0.25, -0.2) is 4.39 Å². The molecular formula is C19H14ClFO7. The van der Waals surface area contributed by atoms with Crippen molar-refractivity contribution < 1.29 is 47.1 Å². The molecular weight excluding hydrogens is 395 g/mol. The van der Waals surface area contributed by atoms with Crippen LogP contribution in [-0.2, 0) is 14.8 Å². The second-order valence-corrected chi connectivity index (χ2v) is 7.07. The van der Waals surface area contributed by atoms with E-state index < -0.39 is 21.8 Å². The Balaban J connectivity index is 1.86. The van der Waals surface area contributed by atoms with Gasteiger partial charge in [0.05, 0.1) is 21.6 Å². The van der Waals surface area contributed by atoms with Gasteiger partial charge in [-0.2, -0.15) is 14.0 Å². The van der Waals surface area contributed by atoms with Crippen LogP contribution in [0.4, 0.5) is 4.39 Å². The Morgan fingerprint density at radius 2 is 1.89 bits per heavy atom. The van der Waals surface area contributed by atoms with Gasteiger partial charge in [-0.1, -0.05) is 18.2 Å². The minimum atomic E-state index is -4.87. The first-order valence-corrected chi connectivity index (χ1v) is 9.35. The van der Waals surface area contributed by atoms with Crippen molar-refractivity contribution >= 4 is 12.2 Å². The van der Waals surface area contributed by atoms with Crippen LogP contribution in [-0.4, -0.2) is 6.79 Å². The maximum absolute atomic E-state index is 13.5. The van der Waals surface area contributed by atoms with E-state index in [4.69, 9.17) is 18.5 Å². The van der Waals surface area contributed by atoms with Crippen LogP contribution in [0.2, 0.25) is 0 Å². The first kappa shape index (κ1) is 18.7. The average molecular weight is 409 g/mol. The molecule has 2 aliphatic rings. The number of hydrogen-bond donors (Lipinski definition) is 0. The highest BCUT2D eigenvalue weighted by molar-refractivity contribution is 5.66. The van der Waals surface area contributed by atoms with E-state index >= 15 is 0 Å². The fourth-order valence-electron chi connectivity index (χ4n) is 3.08. The summed E-state index contributed by atoms with van der Waals surface area (Å²) in [6, 6.07) is 8.71. The van der Waals surface area contributed by atoms with Crippen LogP contribution >= 0.6 is 0 Å². The highest BCUT2D eigenvalue weighted by Crippen LogP contribution is 2.46. The van der Waals surface area contributed by atoms with Gasteiger partial charge in [0, 0.05) is 6.08 Å². The topological polar surface area (TPSA) is 106 Å². The molecule has 0 aliphatic carbocycles. The van der Waals surface area contributed by atoms with Gasteiger partial charge in [-0.15, -0.1) is 0 Å². The maximum atomic E-state index is 13.5. The van der Waals surface area contributed by atoms with Crippen LogP contribution in [0.15, 0.2) is 48.2 Å². The van der Waals surface area contributed by atoms with Gasteiger partial charge in [0.25, 0.3) is 0 Å². The Morgan fingerprint density at radius 3 is 2.61 bits per heavy atom. The van der Waals surface area contributed by atoms with E-state index in [1.165, 1.54) is 36.4 Å². The minimum Gasteiger partial charge on any atom is -0.454 e. The van der Waals surface area contributed by atoms with E-state index in [1.54, 1.807) is 25.1 Å². The summed E-state index contributed by atoms with van der Waals surface area (Å²) < 4.78 is 69.0. The number of rotatable bonds is 4. The van der Waals surface area contributed by atoms with Crippen molar-refractivity contribution in [3.63, 3.8) is 0 Å². The fourth-order valence-corrected chi connectivity index (χ4v) is 3.53. The van der Waals surface area contributed by atoms with Crippen molar-refractivity contribution in [3.05, 3.63) is 70.7 Å². The summed E-state index contributed by atoms with van der Waals surface area (Å²) in [5.41, 5.74) is 1.17. The average Bonchev–Trinajstić information content (AvgIpc) is 3.04. The molecule has 0 radical (unpaired) electrons. The molecule has 0 spiro atoms. The minimum absolute atomic E-state index is 0.00682. The molecule has 2 heterocycles. The van der Waals surface area contributed by atoms with Gasteiger partial charge in [0.2, 0.25) is 6.79 Å². The summed E-state index contributed by atoms with van der Waals surface area (Å²) >= 11 is 0. The molecule has 2 aliphatic heterocycles. The predicted molar refractivity (Wildman–Crippen MR) is 85.5 cm³/mol. The lowest BCUT2D eigenvalue weighted by molar-refractivity contribution is -1.92. The van der Waals surface area contributed by atoms with Crippen molar-refractivity contribution in [2.24, 2.45) is 0 Å². The molecule has 146 valence electrons. The summed E-state index contributed by atoms with van der Waals surface area (Å²) in [5.74, 6) is -1.45. The van der Waals surface area contributed by atoms with Crippen LogP contribution in [0.1, 0.15) is 23.6 Å². The number of halogens is 2. The smallest absolute Gasteiger partial charge is 0.408 e. The Bertz CT molecular complexity index is 983. The third-order valence-corrected chi connectivity index (χ3v) is 4.56. The van der Waals surface area contributed by atoms with Gasteiger partial charge >= 0.3 is 5.79 Å². The second-order valence-electron chi connectivity index (χ2n) is 6.16. The molecule has 0 bridgehead atoms. The SMILES string of the molecule is CC1=Cc2cc3c(cc2C(C=Cc2cccc(F)c2)(O[Cl+3]([O-])([O-])[O-])O1)OCO3. The number of ether oxygens (including phenoxy) is 3.